The monoisotopic (exact) mass is 292 g/mol. The number of carbonyl (C=O) groups excluding carboxylic acids is 1. The molecule has 3 rings (SSSR count). The first-order chi connectivity index (χ1) is 9.76. The summed E-state index contributed by atoms with van der Waals surface area (Å²) in [7, 11) is 1.68. The SMILES string of the molecule is COc1ccc(C2(C(=O)N3CC[SH+]C3)CCCC2)cc1. The van der Waals surface area contributed by atoms with Crippen molar-refractivity contribution >= 4 is 17.7 Å². The fourth-order valence-electron chi connectivity index (χ4n) is 3.44. The fourth-order valence-corrected chi connectivity index (χ4v) is 4.47. The Morgan fingerprint density at radius 1 is 1.25 bits per heavy atom. The van der Waals surface area contributed by atoms with Crippen LogP contribution in [0.1, 0.15) is 31.2 Å². The lowest BCUT2D eigenvalue weighted by molar-refractivity contribution is -0.135. The highest BCUT2D eigenvalue weighted by Gasteiger charge is 2.46. The molecule has 1 aliphatic heterocycles. The predicted molar refractivity (Wildman–Crippen MR) is 83.3 cm³/mol. The first-order valence-electron chi connectivity index (χ1n) is 7.33. The Hall–Kier alpha value is -1.16. The van der Waals surface area contributed by atoms with E-state index in [1.54, 1.807) is 7.11 Å². The van der Waals surface area contributed by atoms with Crippen molar-refractivity contribution in [1.29, 1.82) is 0 Å². The number of hydrogen-bond acceptors (Lipinski definition) is 2. The molecule has 3 nitrogen and oxygen atoms in total. The van der Waals surface area contributed by atoms with Crippen LogP contribution in [0.15, 0.2) is 24.3 Å². The molecule has 1 amide bonds. The standard InChI is InChI=1S/C16H21NO2S/c1-19-14-6-4-13(5-7-14)16(8-2-3-9-16)15(18)17-10-11-20-12-17/h4-7H,2-3,8-12H2,1H3/p+1. The van der Waals surface area contributed by atoms with Crippen LogP contribution in [-0.2, 0) is 22.0 Å². The highest BCUT2D eigenvalue weighted by atomic mass is 32.2. The number of methoxy groups -OCH3 is 1. The van der Waals surface area contributed by atoms with Crippen LogP contribution >= 0.6 is 0 Å². The second-order valence-corrected chi connectivity index (χ2v) is 6.85. The van der Waals surface area contributed by atoms with Gasteiger partial charge in [0.1, 0.15) is 11.5 Å². The molecule has 0 aromatic heterocycles. The van der Waals surface area contributed by atoms with Gasteiger partial charge in [-0.25, -0.2) is 0 Å². The van der Waals surface area contributed by atoms with Gasteiger partial charge >= 0.3 is 0 Å². The molecule has 2 aliphatic rings. The Morgan fingerprint density at radius 2 is 1.95 bits per heavy atom. The zero-order valence-corrected chi connectivity index (χ0v) is 12.9. The van der Waals surface area contributed by atoms with Crippen molar-refractivity contribution in [1.82, 2.24) is 4.90 Å². The maximum atomic E-state index is 13.0. The van der Waals surface area contributed by atoms with Crippen LogP contribution in [0.2, 0.25) is 0 Å². The average molecular weight is 292 g/mol. The van der Waals surface area contributed by atoms with Gasteiger partial charge in [-0.3, -0.25) is 9.69 Å². The topological polar surface area (TPSA) is 29.5 Å². The number of thiol groups is 1. The molecule has 1 aliphatic carbocycles. The highest BCUT2D eigenvalue weighted by molar-refractivity contribution is 7.78. The number of nitrogens with zero attached hydrogens (tertiary/aromatic N) is 1. The molecule has 0 N–H and O–H groups in total. The third-order valence-corrected chi connectivity index (χ3v) is 5.65. The average Bonchev–Trinajstić information content (AvgIpc) is 3.19. The van der Waals surface area contributed by atoms with Gasteiger partial charge in [-0.2, -0.15) is 0 Å². The molecule has 0 radical (unpaired) electrons. The van der Waals surface area contributed by atoms with E-state index in [1.807, 2.05) is 12.1 Å². The summed E-state index contributed by atoms with van der Waals surface area (Å²) in [5, 5.41) is 0. The third kappa shape index (κ3) is 2.30. The van der Waals surface area contributed by atoms with Crippen LogP contribution in [0.4, 0.5) is 0 Å². The summed E-state index contributed by atoms with van der Waals surface area (Å²) in [5.74, 6) is 3.25. The predicted octanol–water partition coefficient (Wildman–Crippen LogP) is 2.12. The Morgan fingerprint density at radius 3 is 2.50 bits per heavy atom. The van der Waals surface area contributed by atoms with E-state index < -0.39 is 0 Å². The fraction of sp³-hybridized carbons (Fsp3) is 0.562. The molecule has 0 unspecified atom stereocenters. The molecule has 4 heteroatoms. The molecular weight excluding hydrogens is 270 g/mol. The number of amides is 1. The molecule has 1 saturated carbocycles. The normalized spacial score (nSPS) is 21.1. The lowest BCUT2D eigenvalue weighted by Crippen LogP contribution is -2.44. The molecule has 20 heavy (non-hydrogen) atoms. The summed E-state index contributed by atoms with van der Waals surface area (Å²) in [4.78, 5) is 15.1. The minimum Gasteiger partial charge on any atom is -0.497 e. The Balaban J connectivity index is 1.91. The summed E-state index contributed by atoms with van der Waals surface area (Å²) in [5.41, 5.74) is 0.899. The smallest absolute Gasteiger partial charge is 0.236 e. The van der Waals surface area contributed by atoms with Gasteiger partial charge in [0.05, 0.1) is 19.1 Å². The lowest BCUT2D eigenvalue weighted by atomic mass is 9.77. The van der Waals surface area contributed by atoms with Crippen molar-refractivity contribution in [2.24, 2.45) is 0 Å². The molecule has 0 bridgehead atoms. The third-order valence-electron chi connectivity index (χ3n) is 4.60. The van der Waals surface area contributed by atoms with Crippen LogP contribution in [0.25, 0.3) is 0 Å². The van der Waals surface area contributed by atoms with Crippen LogP contribution < -0.4 is 4.74 Å². The van der Waals surface area contributed by atoms with E-state index in [-0.39, 0.29) is 5.41 Å². The summed E-state index contributed by atoms with van der Waals surface area (Å²) < 4.78 is 5.23. The van der Waals surface area contributed by atoms with Crippen LogP contribution in [0, 0.1) is 0 Å². The zero-order valence-electron chi connectivity index (χ0n) is 12.0. The van der Waals surface area contributed by atoms with Gasteiger partial charge in [-0.05, 0) is 42.3 Å². The van der Waals surface area contributed by atoms with Crippen molar-refractivity contribution < 1.29 is 9.53 Å². The maximum absolute atomic E-state index is 13.0. The van der Waals surface area contributed by atoms with E-state index in [2.05, 4.69) is 17.0 Å². The van der Waals surface area contributed by atoms with E-state index in [1.165, 1.54) is 17.3 Å². The van der Waals surface area contributed by atoms with Gasteiger partial charge in [0.15, 0.2) is 5.88 Å². The molecule has 0 atom stereocenters. The molecule has 1 saturated heterocycles. The van der Waals surface area contributed by atoms with Crippen molar-refractivity contribution in [3.63, 3.8) is 0 Å². The lowest BCUT2D eigenvalue weighted by Gasteiger charge is -2.31. The Bertz CT molecular complexity index is 474. The summed E-state index contributed by atoms with van der Waals surface area (Å²) in [6, 6.07) is 8.11. The van der Waals surface area contributed by atoms with E-state index in [0.29, 0.717) is 5.91 Å². The molecule has 108 valence electrons. The molecule has 1 heterocycles. The molecular formula is C16H22NO2S+. The van der Waals surface area contributed by atoms with Crippen molar-refractivity contribution in [3.8, 4) is 5.75 Å². The summed E-state index contributed by atoms with van der Waals surface area (Å²) >= 11 is 1.39. The Labute approximate surface area is 124 Å². The minimum atomic E-state index is -0.272. The zero-order chi connectivity index (χ0) is 14.0. The van der Waals surface area contributed by atoms with Crippen LogP contribution in [0.3, 0.4) is 0 Å². The molecule has 0 spiro atoms. The van der Waals surface area contributed by atoms with Crippen molar-refractivity contribution in [2.75, 3.05) is 25.3 Å². The number of ether oxygens (including phenoxy) is 1. The molecule has 1 aromatic rings. The van der Waals surface area contributed by atoms with E-state index in [4.69, 9.17) is 4.74 Å². The summed E-state index contributed by atoms with van der Waals surface area (Å²) in [6.45, 7) is 0.929. The first-order valence-corrected chi connectivity index (χ1v) is 8.60. The van der Waals surface area contributed by atoms with Crippen molar-refractivity contribution in [3.05, 3.63) is 29.8 Å². The second-order valence-electron chi connectivity index (χ2n) is 5.67. The van der Waals surface area contributed by atoms with E-state index in [0.717, 1.165) is 49.6 Å². The second kappa shape index (κ2) is 5.68. The van der Waals surface area contributed by atoms with Gasteiger partial charge in [-0.15, -0.1) is 0 Å². The first kappa shape index (κ1) is 13.8. The summed E-state index contributed by atoms with van der Waals surface area (Å²) in [6.07, 6.45) is 4.30. The maximum Gasteiger partial charge on any atom is 0.236 e. The quantitative estimate of drug-likeness (QED) is 0.631. The molecule has 1 aromatic carbocycles. The number of benzene rings is 1. The van der Waals surface area contributed by atoms with E-state index >= 15 is 0 Å². The van der Waals surface area contributed by atoms with Crippen LogP contribution in [0.5, 0.6) is 5.75 Å². The van der Waals surface area contributed by atoms with Gasteiger partial charge in [0.25, 0.3) is 0 Å². The van der Waals surface area contributed by atoms with E-state index in [9.17, 15) is 4.79 Å². The van der Waals surface area contributed by atoms with Crippen molar-refractivity contribution in [2.45, 2.75) is 31.1 Å². The van der Waals surface area contributed by atoms with Gasteiger partial charge in [0.2, 0.25) is 5.91 Å². The number of carbonyl (C=O) groups is 1. The highest BCUT2D eigenvalue weighted by Crippen LogP contribution is 2.43. The number of rotatable bonds is 3. The molecule has 2 fully saturated rings. The van der Waals surface area contributed by atoms with Crippen LogP contribution in [-0.4, -0.2) is 36.1 Å². The minimum absolute atomic E-state index is 0.272. The number of hydrogen-bond donors (Lipinski definition) is 0. The largest absolute Gasteiger partial charge is 0.497 e. The Kier molecular flexibility index (Phi) is 3.92. The van der Waals surface area contributed by atoms with Gasteiger partial charge in [-0.1, -0.05) is 25.0 Å². The van der Waals surface area contributed by atoms with Gasteiger partial charge in [0, 0.05) is 0 Å². The van der Waals surface area contributed by atoms with Gasteiger partial charge < -0.3 is 4.74 Å².